The molecule has 0 radical (unpaired) electrons. The molecule has 0 saturated heterocycles. The molecule has 2 aromatic heterocycles. The van der Waals surface area contributed by atoms with E-state index in [9.17, 15) is 14.7 Å². The average molecular weight is 259 g/mol. The lowest BCUT2D eigenvalue weighted by Gasteiger charge is -2.02. The lowest BCUT2D eigenvalue weighted by Crippen LogP contribution is -2.05. The summed E-state index contributed by atoms with van der Waals surface area (Å²) in [6, 6.07) is 6.22. The summed E-state index contributed by atoms with van der Waals surface area (Å²) in [6.45, 7) is 1.59. The molecule has 3 rings (SSSR count). The van der Waals surface area contributed by atoms with Crippen LogP contribution in [0.4, 0.5) is 0 Å². The molecule has 96 valence electrons. The minimum atomic E-state index is -0.810. The van der Waals surface area contributed by atoms with Crippen molar-refractivity contribution >= 4 is 11.0 Å². The molecule has 1 aromatic carbocycles. The van der Waals surface area contributed by atoms with Crippen LogP contribution in [0, 0.1) is 6.92 Å². The SMILES string of the molecule is Cc1nn(-c2ccc3cc(O)c(=O)oc3c2)[nH]c1=O. The number of benzene rings is 1. The van der Waals surface area contributed by atoms with Crippen molar-refractivity contribution in [1.82, 2.24) is 15.0 Å². The molecule has 0 amide bonds. The number of rotatable bonds is 1. The summed E-state index contributed by atoms with van der Waals surface area (Å²) in [5, 5.41) is 16.4. The van der Waals surface area contributed by atoms with Gasteiger partial charge in [-0.05, 0) is 25.1 Å². The largest absolute Gasteiger partial charge is 0.502 e. The van der Waals surface area contributed by atoms with Gasteiger partial charge in [-0.1, -0.05) is 0 Å². The van der Waals surface area contributed by atoms with Crippen LogP contribution in [0.25, 0.3) is 16.7 Å². The van der Waals surface area contributed by atoms with Gasteiger partial charge in [0, 0.05) is 11.5 Å². The Bertz CT molecular complexity index is 888. The van der Waals surface area contributed by atoms with E-state index < -0.39 is 11.4 Å². The van der Waals surface area contributed by atoms with Gasteiger partial charge in [-0.3, -0.25) is 4.79 Å². The van der Waals surface area contributed by atoms with Gasteiger partial charge in [0.15, 0.2) is 0 Å². The molecule has 0 atom stereocenters. The molecule has 7 nitrogen and oxygen atoms in total. The van der Waals surface area contributed by atoms with E-state index in [-0.39, 0.29) is 5.56 Å². The number of nitrogens with zero attached hydrogens (tertiary/aromatic N) is 2. The Labute approximate surface area is 105 Å². The predicted molar refractivity (Wildman–Crippen MR) is 66.6 cm³/mol. The van der Waals surface area contributed by atoms with Gasteiger partial charge >= 0.3 is 5.63 Å². The summed E-state index contributed by atoms with van der Waals surface area (Å²) in [5.41, 5.74) is 0.0927. The monoisotopic (exact) mass is 259 g/mol. The van der Waals surface area contributed by atoms with Gasteiger partial charge in [0.25, 0.3) is 5.56 Å². The van der Waals surface area contributed by atoms with Crippen LogP contribution in [-0.2, 0) is 0 Å². The Kier molecular flexibility index (Phi) is 2.28. The highest BCUT2D eigenvalue weighted by molar-refractivity contribution is 5.79. The van der Waals surface area contributed by atoms with E-state index in [2.05, 4.69) is 10.2 Å². The average Bonchev–Trinajstić information content (AvgIpc) is 2.71. The minimum Gasteiger partial charge on any atom is -0.502 e. The van der Waals surface area contributed by atoms with Crippen LogP contribution >= 0.6 is 0 Å². The Balaban J connectivity index is 2.24. The molecule has 19 heavy (non-hydrogen) atoms. The summed E-state index contributed by atoms with van der Waals surface area (Å²) in [4.78, 5) is 23.9. The molecule has 0 bridgehead atoms. The van der Waals surface area contributed by atoms with Crippen molar-refractivity contribution in [3.05, 3.63) is 50.7 Å². The molecule has 0 aliphatic carbocycles. The van der Waals surface area contributed by atoms with E-state index in [4.69, 9.17) is 4.42 Å². The van der Waals surface area contributed by atoms with E-state index in [0.717, 1.165) is 0 Å². The highest BCUT2D eigenvalue weighted by Gasteiger charge is 2.07. The van der Waals surface area contributed by atoms with Gasteiger partial charge in [0.05, 0.1) is 5.69 Å². The van der Waals surface area contributed by atoms with E-state index in [1.54, 1.807) is 25.1 Å². The molecular formula is C12H9N3O4. The second-order valence-corrected chi connectivity index (χ2v) is 4.08. The highest BCUT2D eigenvalue weighted by Crippen LogP contribution is 2.19. The molecule has 0 saturated carbocycles. The quantitative estimate of drug-likeness (QED) is 0.626. The molecule has 0 aliphatic rings. The second-order valence-electron chi connectivity index (χ2n) is 4.08. The number of aromatic nitrogens is 3. The number of hydrogen-bond acceptors (Lipinski definition) is 5. The second kappa shape index (κ2) is 3.84. The normalized spacial score (nSPS) is 11.0. The van der Waals surface area contributed by atoms with Crippen LogP contribution in [0.2, 0.25) is 0 Å². The van der Waals surface area contributed by atoms with Crippen molar-refractivity contribution < 1.29 is 9.52 Å². The van der Waals surface area contributed by atoms with Gasteiger partial charge in [-0.2, -0.15) is 9.90 Å². The number of hydrogen-bond donors (Lipinski definition) is 2. The van der Waals surface area contributed by atoms with Gasteiger partial charge in [0.2, 0.25) is 5.75 Å². The van der Waals surface area contributed by atoms with E-state index >= 15 is 0 Å². The standard InChI is InChI=1S/C12H9N3O4/c1-6-11(17)14-15(13-6)8-3-2-7-4-9(16)12(18)19-10(7)5-8/h2-5,16H,1H3,(H,14,17). The number of H-pyrrole nitrogens is 1. The molecule has 3 aromatic rings. The zero-order valence-corrected chi connectivity index (χ0v) is 9.88. The van der Waals surface area contributed by atoms with E-state index in [1.165, 1.54) is 10.9 Å². The van der Waals surface area contributed by atoms with Crippen LogP contribution in [-0.4, -0.2) is 20.1 Å². The third-order valence-corrected chi connectivity index (χ3v) is 2.73. The molecule has 0 unspecified atom stereocenters. The molecule has 0 spiro atoms. The summed E-state index contributed by atoms with van der Waals surface area (Å²) >= 11 is 0. The zero-order valence-electron chi connectivity index (χ0n) is 9.88. The Hall–Kier alpha value is -2.83. The first-order valence-electron chi connectivity index (χ1n) is 5.48. The number of aromatic hydroxyl groups is 1. The zero-order chi connectivity index (χ0) is 13.6. The first-order valence-corrected chi connectivity index (χ1v) is 5.48. The lowest BCUT2D eigenvalue weighted by atomic mass is 10.2. The summed E-state index contributed by atoms with van der Waals surface area (Å²) in [5.74, 6) is -0.441. The van der Waals surface area contributed by atoms with Crippen LogP contribution in [0.1, 0.15) is 5.69 Å². The number of aryl methyl sites for hydroxylation is 1. The third kappa shape index (κ3) is 1.81. The fourth-order valence-corrected chi connectivity index (χ4v) is 1.74. The number of aromatic amines is 1. The van der Waals surface area contributed by atoms with Crippen molar-refractivity contribution in [1.29, 1.82) is 0 Å². The predicted octanol–water partition coefficient (Wildman–Crippen LogP) is 0.681. The van der Waals surface area contributed by atoms with Gasteiger partial charge in [0.1, 0.15) is 11.3 Å². The topological polar surface area (TPSA) is 101 Å². The van der Waals surface area contributed by atoms with Crippen molar-refractivity contribution in [2.75, 3.05) is 0 Å². The van der Waals surface area contributed by atoms with Crippen LogP contribution in [0.15, 0.2) is 38.3 Å². The minimum absolute atomic E-state index is 0.285. The fourth-order valence-electron chi connectivity index (χ4n) is 1.74. The lowest BCUT2D eigenvalue weighted by molar-refractivity contribution is 0.428. The maximum atomic E-state index is 11.3. The molecular weight excluding hydrogens is 250 g/mol. The van der Waals surface area contributed by atoms with Crippen molar-refractivity contribution in [3.63, 3.8) is 0 Å². The summed E-state index contributed by atoms with van der Waals surface area (Å²) < 4.78 is 4.95. The molecule has 7 heteroatoms. The van der Waals surface area contributed by atoms with Gasteiger partial charge < -0.3 is 9.52 Å². The number of nitrogens with one attached hydrogen (secondary N) is 1. The Morgan fingerprint density at radius 2 is 2.11 bits per heavy atom. The van der Waals surface area contributed by atoms with Crippen LogP contribution in [0.5, 0.6) is 5.75 Å². The Morgan fingerprint density at radius 1 is 1.32 bits per heavy atom. The highest BCUT2D eigenvalue weighted by atomic mass is 16.4. The molecule has 2 N–H and O–H groups in total. The first kappa shape index (κ1) is 11.3. The molecule has 2 heterocycles. The first-order chi connectivity index (χ1) is 9.04. The maximum absolute atomic E-state index is 11.3. The van der Waals surface area contributed by atoms with Crippen LogP contribution < -0.4 is 11.2 Å². The van der Waals surface area contributed by atoms with Gasteiger partial charge in [-0.25, -0.2) is 9.89 Å². The number of fused-ring (bicyclic) bond motifs is 1. The summed E-state index contributed by atoms with van der Waals surface area (Å²) in [7, 11) is 0. The summed E-state index contributed by atoms with van der Waals surface area (Å²) in [6.07, 6.45) is 0. The van der Waals surface area contributed by atoms with Crippen molar-refractivity contribution in [2.45, 2.75) is 6.92 Å². The van der Waals surface area contributed by atoms with E-state index in [1.807, 2.05) is 0 Å². The Morgan fingerprint density at radius 3 is 2.79 bits per heavy atom. The van der Waals surface area contributed by atoms with Crippen LogP contribution in [0.3, 0.4) is 0 Å². The molecule has 0 aliphatic heterocycles. The van der Waals surface area contributed by atoms with Crippen molar-refractivity contribution in [3.8, 4) is 11.4 Å². The fraction of sp³-hybridized carbons (Fsp3) is 0.0833. The maximum Gasteiger partial charge on any atom is 0.378 e. The van der Waals surface area contributed by atoms with Gasteiger partial charge in [-0.15, -0.1) is 0 Å². The third-order valence-electron chi connectivity index (χ3n) is 2.73. The van der Waals surface area contributed by atoms with Crippen molar-refractivity contribution in [2.24, 2.45) is 0 Å². The smallest absolute Gasteiger partial charge is 0.378 e. The molecule has 0 fully saturated rings. The van der Waals surface area contributed by atoms with E-state index in [0.29, 0.717) is 22.4 Å².